The zero-order valence-corrected chi connectivity index (χ0v) is 10.2. The Morgan fingerprint density at radius 3 is 2.76 bits per heavy atom. The Balaban J connectivity index is 2.02. The number of hydrogen-bond acceptors (Lipinski definition) is 5. The Kier molecular flexibility index (Phi) is 3.38. The smallest absolute Gasteiger partial charge is 0.239 e. The highest BCUT2D eigenvalue weighted by molar-refractivity contribution is 5.54. The predicted molar refractivity (Wildman–Crippen MR) is 67.1 cm³/mol. The van der Waals surface area contributed by atoms with Crippen molar-refractivity contribution in [2.45, 2.75) is 44.9 Å². The molecule has 0 saturated heterocycles. The van der Waals surface area contributed by atoms with Gasteiger partial charge in [-0.2, -0.15) is 4.98 Å². The van der Waals surface area contributed by atoms with E-state index in [1.807, 2.05) is 19.9 Å². The quantitative estimate of drug-likeness (QED) is 0.737. The fraction of sp³-hybridized carbons (Fsp3) is 0.583. The maximum absolute atomic E-state index is 9.21. The van der Waals surface area contributed by atoms with Crippen LogP contribution < -0.4 is 15.8 Å². The molecule has 0 spiro atoms. The second kappa shape index (κ2) is 4.79. The minimum Gasteiger partial charge on any atom is -0.473 e. The van der Waals surface area contributed by atoms with Crippen molar-refractivity contribution in [3.8, 4) is 5.88 Å². The van der Waals surface area contributed by atoms with E-state index in [0.717, 1.165) is 18.7 Å². The van der Waals surface area contributed by atoms with Gasteiger partial charge in [0.25, 0.3) is 0 Å². The van der Waals surface area contributed by atoms with Crippen LogP contribution in [0.25, 0.3) is 0 Å². The van der Waals surface area contributed by atoms with Gasteiger partial charge in [0.05, 0.1) is 17.9 Å². The molecule has 17 heavy (non-hydrogen) atoms. The van der Waals surface area contributed by atoms with Gasteiger partial charge in [-0.1, -0.05) is 0 Å². The SMILES string of the molecule is CC(C)Oc1nc(NC2CC(O)C2)ccc1N. The first-order chi connectivity index (χ1) is 8.04. The van der Waals surface area contributed by atoms with Gasteiger partial charge in [-0.3, -0.25) is 0 Å². The first-order valence-corrected chi connectivity index (χ1v) is 5.92. The average Bonchev–Trinajstić information content (AvgIpc) is 2.20. The van der Waals surface area contributed by atoms with Gasteiger partial charge < -0.3 is 20.9 Å². The minimum atomic E-state index is -0.173. The van der Waals surface area contributed by atoms with E-state index in [1.54, 1.807) is 6.07 Å². The summed E-state index contributed by atoms with van der Waals surface area (Å²) < 4.78 is 5.51. The van der Waals surface area contributed by atoms with Gasteiger partial charge in [0, 0.05) is 6.04 Å². The number of nitrogens with one attached hydrogen (secondary N) is 1. The lowest BCUT2D eigenvalue weighted by molar-refractivity contribution is 0.0835. The van der Waals surface area contributed by atoms with Gasteiger partial charge >= 0.3 is 0 Å². The number of pyridine rings is 1. The molecule has 1 aromatic rings. The maximum atomic E-state index is 9.21. The van der Waals surface area contributed by atoms with Crippen LogP contribution in [0.4, 0.5) is 11.5 Å². The van der Waals surface area contributed by atoms with Crippen LogP contribution in [0.5, 0.6) is 5.88 Å². The van der Waals surface area contributed by atoms with E-state index in [1.165, 1.54) is 0 Å². The topological polar surface area (TPSA) is 80.4 Å². The Hall–Kier alpha value is -1.49. The molecular formula is C12H19N3O2. The van der Waals surface area contributed by atoms with E-state index < -0.39 is 0 Å². The third-order valence-electron chi connectivity index (χ3n) is 2.70. The molecule has 1 aliphatic rings. The average molecular weight is 237 g/mol. The molecule has 1 aliphatic carbocycles. The minimum absolute atomic E-state index is 0.0468. The number of nitrogens with zero attached hydrogens (tertiary/aromatic N) is 1. The lowest BCUT2D eigenvalue weighted by Crippen LogP contribution is -2.39. The molecule has 0 aliphatic heterocycles. The molecular weight excluding hydrogens is 218 g/mol. The third kappa shape index (κ3) is 3.00. The lowest BCUT2D eigenvalue weighted by atomic mass is 9.89. The summed E-state index contributed by atoms with van der Waals surface area (Å²) in [5, 5.41) is 12.5. The Labute approximate surface area is 101 Å². The van der Waals surface area contributed by atoms with Crippen molar-refractivity contribution in [2.75, 3.05) is 11.1 Å². The van der Waals surface area contributed by atoms with Crippen molar-refractivity contribution in [1.82, 2.24) is 4.98 Å². The molecule has 0 bridgehead atoms. The molecule has 1 saturated carbocycles. The molecule has 2 rings (SSSR count). The first kappa shape index (κ1) is 12.0. The van der Waals surface area contributed by atoms with Crippen LogP contribution in [-0.4, -0.2) is 28.3 Å². The highest BCUT2D eigenvalue weighted by Crippen LogP contribution is 2.26. The van der Waals surface area contributed by atoms with Crippen LogP contribution in [0.3, 0.4) is 0 Å². The van der Waals surface area contributed by atoms with Gasteiger partial charge in [-0.05, 0) is 38.8 Å². The van der Waals surface area contributed by atoms with Crippen LogP contribution in [0.1, 0.15) is 26.7 Å². The summed E-state index contributed by atoms with van der Waals surface area (Å²) >= 11 is 0. The molecule has 5 nitrogen and oxygen atoms in total. The fourth-order valence-electron chi connectivity index (χ4n) is 1.76. The van der Waals surface area contributed by atoms with Crippen LogP contribution in [0.2, 0.25) is 0 Å². The zero-order chi connectivity index (χ0) is 12.4. The summed E-state index contributed by atoms with van der Waals surface area (Å²) in [4.78, 5) is 4.32. The third-order valence-corrected chi connectivity index (χ3v) is 2.70. The van der Waals surface area contributed by atoms with E-state index in [-0.39, 0.29) is 12.2 Å². The lowest BCUT2D eigenvalue weighted by Gasteiger charge is -2.32. The standard InChI is InChI=1S/C12H19N3O2/c1-7(2)17-12-10(13)3-4-11(15-12)14-8-5-9(16)6-8/h3-4,7-9,16H,5-6,13H2,1-2H3,(H,14,15). The van der Waals surface area contributed by atoms with E-state index in [0.29, 0.717) is 17.6 Å². The normalized spacial score (nSPS) is 23.3. The van der Waals surface area contributed by atoms with Crippen molar-refractivity contribution >= 4 is 11.5 Å². The van der Waals surface area contributed by atoms with Gasteiger partial charge in [-0.25, -0.2) is 0 Å². The number of ether oxygens (including phenoxy) is 1. The summed E-state index contributed by atoms with van der Waals surface area (Å²) in [6.45, 7) is 3.87. The van der Waals surface area contributed by atoms with Gasteiger partial charge in [0.2, 0.25) is 5.88 Å². The van der Waals surface area contributed by atoms with Crippen molar-refractivity contribution in [2.24, 2.45) is 0 Å². The van der Waals surface area contributed by atoms with E-state index in [9.17, 15) is 5.11 Å². The number of rotatable bonds is 4. The molecule has 4 N–H and O–H groups in total. The molecule has 0 radical (unpaired) electrons. The Morgan fingerprint density at radius 1 is 1.47 bits per heavy atom. The molecule has 0 aromatic carbocycles. The maximum Gasteiger partial charge on any atom is 0.239 e. The van der Waals surface area contributed by atoms with E-state index in [4.69, 9.17) is 10.5 Å². The summed E-state index contributed by atoms with van der Waals surface area (Å²) in [5.41, 5.74) is 6.32. The van der Waals surface area contributed by atoms with Gasteiger partial charge in [0.15, 0.2) is 0 Å². The summed E-state index contributed by atoms with van der Waals surface area (Å²) in [6.07, 6.45) is 1.41. The summed E-state index contributed by atoms with van der Waals surface area (Å²) in [5.74, 6) is 1.21. The fourth-order valence-corrected chi connectivity index (χ4v) is 1.76. The van der Waals surface area contributed by atoms with Crippen molar-refractivity contribution < 1.29 is 9.84 Å². The zero-order valence-electron chi connectivity index (χ0n) is 10.2. The van der Waals surface area contributed by atoms with E-state index in [2.05, 4.69) is 10.3 Å². The molecule has 1 heterocycles. The van der Waals surface area contributed by atoms with Crippen LogP contribution in [-0.2, 0) is 0 Å². The van der Waals surface area contributed by atoms with Crippen LogP contribution in [0.15, 0.2) is 12.1 Å². The number of aliphatic hydroxyl groups is 1. The molecule has 5 heteroatoms. The van der Waals surface area contributed by atoms with Gasteiger partial charge in [-0.15, -0.1) is 0 Å². The van der Waals surface area contributed by atoms with Crippen molar-refractivity contribution in [1.29, 1.82) is 0 Å². The molecule has 0 unspecified atom stereocenters. The monoisotopic (exact) mass is 237 g/mol. The van der Waals surface area contributed by atoms with Crippen molar-refractivity contribution in [3.63, 3.8) is 0 Å². The van der Waals surface area contributed by atoms with Crippen molar-refractivity contribution in [3.05, 3.63) is 12.1 Å². The second-order valence-electron chi connectivity index (χ2n) is 4.72. The highest BCUT2D eigenvalue weighted by Gasteiger charge is 2.27. The molecule has 0 amide bonds. The van der Waals surface area contributed by atoms with Crippen LogP contribution in [0, 0.1) is 0 Å². The van der Waals surface area contributed by atoms with Crippen LogP contribution >= 0.6 is 0 Å². The largest absolute Gasteiger partial charge is 0.473 e. The number of anilines is 2. The number of nitrogens with two attached hydrogens (primary N) is 1. The van der Waals surface area contributed by atoms with E-state index >= 15 is 0 Å². The van der Waals surface area contributed by atoms with Gasteiger partial charge in [0.1, 0.15) is 5.82 Å². The summed E-state index contributed by atoms with van der Waals surface area (Å²) in [6, 6.07) is 3.91. The predicted octanol–water partition coefficient (Wildman–Crippen LogP) is 1.39. The molecule has 0 atom stereocenters. The summed E-state index contributed by atoms with van der Waals surface area (Å²) in [7, 11) is 0. The molecule has 1 fully saturated rings. The highest BCUT2D eigenvalue weighted by atomic mass is 16.5. The Morgan fingerprint density at radius 2 is 2.18 bits per heavy atom. The Bertz CT molecular complexity index is 389. The second-order valence-corrected chi connectivity index (χ2v) is 4.72. The first-order valence-electron chi connectivity index (χ1n) is 5.92. The molecule has 1 aromatic heterocycles. The number of nitrogen functional groups attached to an aromatic ring is 1. The number of hydrogen-bond donors (Lipinski definition) is 3. The molecule has 94 valence electrons. The number of aromatic nitrogens is 1. The number of aliphatic hydroxyl groups excluding tert-OH is 1.